The lowest BCUT2D eigenvalue weighted by atomic mass is 9.86. The van der Waals surface area contributed by atoms with Gasteiger partial charge in [0.05, 0.1) is 0 Å². The largest absolute Gasteiger partial charge is 0.397 e. The summed E-state index contributed by atoms with van der Waals surface area (Å²) >= 11 is 0. The van der Waals surface area contributed by atoms with E-state index in [1.165, 1.54) is 64.2 Å². The Hall–Kier alpha value is 0.137. The summed E-state index contributed by atoms with van der Waals surface area (Å²) < 4.78 is 12.5. The minimum atomic E-state index is -2.06. The normalized spacial score (nSPS) is 34.9. The monoisotopic (exact) mass is 312 g/mol. The second-order valence-corrected chi connectivity index (χ2v) is 11.3. The van der Waals surface area contributed by atoms with E-state index in [1.807, 2.05) is 14.2 Å². The third kappa shape index (κ3) is 3.73. The van der Waals surface area contributed by atoms with Gasteiger partial charge in [-0.2, -0.15) is 0 Å². The van der Waals surface area contributed by atoms with E-state index in [4.69, 9.17) is 8.85 Å². The number of hydrogen-bond acceptors (Lipinski definition) is 2. The third-order valence-corrected chi connectivity index (χ3v) is 11.1. The highest BCUT2D eigenvalue weighted by Gasteiger charge is 2.52. The fraction of sp³-hybridized carbons (Fsp3) is 1.00. The summed E-state index contributed by atoms with van der Waals surface area (Å²) in [5.41, 5.74) is 1.46. The Bertz CT molecular complexity index is 278. The van der Waals surface area contributed by atoms with E-state index in [0.717, 1.165) is 22.9 Å². The number of rotatable bonds is 6. The van der Waals surface area contributed by atoms with Crippen molar-refractivity contribution in [3.63, 3.8) is 0 Å². The topological polar surface area (TPSA) is 18.5 Å². The van der Waals surface area contributed by atoms with Crippen LogP contribution in [0.15, 0.2) is 0 Å². The summed E-state index contributed by atoms with van der Waals surface area (Å²) in [6.07, 6.45) is 13.7. The molecule has 4 unspecified atom stereocenters. The van der Waals surface area contributed by atoms with Gasteiger partial charge in [-0.25, -0.2) is 0 Å². The molecule has 2 rings (SSSR count). The zero-order valence-electron chi connectivity index (χ0n) is 14.7. The van der Waals surface area contributed by atoms with Gasteiger partial charge in [-0.15, -0.1) is 0 Å². The molecule has 0 saturated heterocycles. The van der Waals surface area contributed by atoms with Crippen molar-refractivity contribution in [3.8, 4) is 0 Å². The Kier molecular flexibility index (Phi) is 6.76. The molecule has 0 radical (unpaired) electrons. The Morgan fingerprint density at radius 3 is 1.52 bits per heavy atom. The zero-order valence-corrected chi connectivity index (χ0v) is 15.7. The molecule has 124 valence electrons. The zero-order chi connectivity index (χ0) is 15.3. The van der Waals surface area contributed by atoms with E-state index in [2.05, 4.69) is 13.8 Å². The first-order valence-corrected chi connectivity index (χ1v) is 11.3. The molecule has 0 aromatic heterocycles. The highest BCUT2D eigenvalue weighted by atomic mass is 28.4. The SMILES string of the molecule is CCC1CCCC([Si](OC)(OC)C2CCCC(CC)C2)C1. The van der Waals surface area contributed by atoms with Gasteiger partial charge in [-0.1, -0.05) is 52.4 Å². The van der Waals surface area contributed by atoms with Gasteiger partial charge in [-0.3, -0.25) is 0 Å². The molecule has 0 spiro atoms. The van der Waals surface area contributed by atoms with Crippen molar-refractivity contribution in [1.29, 1.82) is 0 Å². The van der Waals surface area contributed by atoms with Crippen LogP contribution in [0.1, 0.15) is 78.1 Å². The predicted molar refractivity (Wildman–Crippen MR) is 91.8 cm³/mol. The van der Waals surface area contributed by atoms with Crippen LogP contribution in [0.5, 0.6) is 0 Å². The second-order valence-electron chi connectivity index (χ2n) is 7.41. The van der Waals surface area contributed by atoms with E-state index < -0.39 is 8.56 Å². The summed E-state index contributed by atoms with van der Waals surface area (Å²) in [6.45, 7) is 4.70. The van der Waals surface area contributed by atoms with Crippen LogP contribution in [0.3, 0.4) is 0 Å². The van der Waals surface area contributed by atoms with Gasteiger partial charge in [0, 0.05) is 25.3 Å². The van der Waals surface area contributed by atoms with E-state index >= 15 is 0 Å². The van der Waals surface area contributed by atoms with Gasteiger partial charge in [-0.05, 0) is 37.5 Å². The van der Waals surface area contributed by atoms with Crippen LogP contribution in [0, 0.1) is 11.8 Å². The van der Waals surface area contributed by atoms with Crippen molar-refractivity contribution >= 4 is 8.56 Å². The molecule has 21 heavy (non-hydrogen) atoms. The minimum Gasteiger partial charge on any atom is -0.397 e. The van der Waals surface area contributed by atoms with E-state index in [-0.39, 0.29) is 0 Å². The van der Waals surface area contributed by atoms with Crippen LogP contribution in [0.2, 0.25) is 11.1 Å². The second kappa shape index (κ2) is 8.12. The van der Waals surface area contributed by atoms with Crippen molar-refractivity contribution in [1.82, 2.24) is 0 Å². The molecule has 2 aliphatic carbocycles. The Labute approximate surface area is 133 Å². The molecule has 0 bridgehead atoms. The maximum Gasteiger partial charge on any atom is 0.344 e. The van der Waals surface area contributed by atoms with E-state index in [9.17, 15) is 0 Å². The van der Waals surface area contributed by atoms with Crippen LogP contribution >= 0.6 is 0 Å². The fourth-order valence-corrected chi connectivity index (χ4v) is 9.84. The molecule has 0 N–H and O–H groups in total. The molecule has 0 aliphatic heterocycles. The Balaban J connectivity index is 2.14. The van der Waals surface area contributed by atoms with Gasteiger partial charge < -0.3 is 8.85 Å². The average molecular weight is 313 g/mol. The van der Waals surface area contributed by atoms with Crippen LogP contribution in [-0.4, -0.2) is 22.8 Å². The van der Waals surface area contributed by atoms with Gasteiger partial charge in [0.15, 0.2) is 0 Å². The highest BCUT2D eigenvalue weighted by molar-refractivity contribution is 6.70. The lowest BCUT2D eigenvalue weighted by molar-refractivity contribution is 0.174. The third-order valence-electron chi connectivity index (χ3n) is 6.50. The molecule has 2 saturated carbocycles. The molecule has 0 heterocycles. The molecular weight excluding hydrogens is 276 g/mol. The minimum absolute atomic E-state index is 0.729. The Morgan fingerprint density at radius 1 is 0.762 bits per heavy atom. The van der Waals surface area contributed by atoms with Crippen LogP contribution < -0.4 is 0 Å². The molecule has 0 aromatic rings. The molecule has 2 nitrogen and oxygen atoms in total. The first kappa shape index (κ1) is 17.5. The number of hydrogen-bond donors (Lipinski definition) is 0. The van der Waals surface area contributed by atoms with Crippen molar-refractivity contribution in [2.75, 3.05) is 14.2 Å². The lowest BCUT2D eigenvalue weighted by Gasteiger charge is -2.46. The standard InChI is InChI=1S/C18H36O2Si/c1-5-15-9-7-11-17(13-15)21(19-3,20-4)18-12-8-10-16(6-2)14-18/h15-18H,5-14H2,1-4H3. The van der Waals surface area contributed by atoms with Gasteiger partial charge in [0.1, 0.15) is 0 Å². The molecule has 2 aliphatic rings. The summed E-state index contributed by atoms with van der Waals surface area (Å²) in [5.74, 6) is 1.82. The first-order valence-electron chi connectivity index (χ1n) is 9.30. The molecule has 2 fully saturated rings. The molecule has 0 aromatic carbocycles. The maximum atomic E-state index is 6.27. The summed E-state index contributed by atoms with van der Waals surface area (Å²) in [6, 6.07) is 0. The van der Waals surface area contributed by atoms with E-state index in [1.54, 1.807) is 0 Å². The molecule has 0 amide bonds. The summed E-state index contributed by atoms with van der Waals surface area (Å²) in [5, 5.41) is 0. The van der Waals surface area contributed by atoms with E-state index in [0.29, 0.717) is 0 Å². The fourth-order valence-electron chi connectivity index (χ4n) is 5.14. The van der Waals surface area contributed by atoms with Crippen LogP contribution in [0.25, 0.3) is 0 Å². The quantitative estimate of drug-likeness (QED) is 0.589. The van der Waals surface area contributed by atoms with Crippen molar-refractivity contribution < 1.29 is 8.85 Å². The summed E-state index contributed by atoms with van der Waals surface area (Å²) in [4.78, 5) is 0. The van der Waals surface area contributed by atoms with Gasteiger partial charge in [0.2, 0.25) is 0 Å². The predicted octanol–water partition coefficient (Wildman–Crippen LogP) is 5.66. The average Bonchev–Trinajstić information content (AvgIpc) is 2.57. The Morgan fingerprint density at radius 2 is 1.19 bits per heavy atom. The highest BCUT2D eigenvalue weighted by Crippen LogP contribution is 2.51. The smallest absolute Gasteiger partial charge is 0.344 e. The maximum absolute atomic E-state index is 6.27. The van der Waals surface area contributed by atoms with Crippen LogP contribution in [-0.2, 0) is 8.85 Å². The molecule has 3 heteroatoms. The van der Waals surface area contributed by atoms with Crippen molar-refractivity contribution in [2.24, 2.45) is 11.8 Å². The first-order chi connectivity index (χ1) is 10.2. The summed E-state index contributed by atoms with van der Waals surface area (Å²) in [7, 11) is 1.83. The van der Waals surface area contributed by atoms with Crippen LogP contribution in [0.4, 0.5) is 0 Å². The lowest BCUT2D eigenvalue weighted by Crippen LogP contribution is -2.52. The molecular formula is C18H36O2Si. The van der Waals surface area contributed by atoms with Gasteiger partial charge in [0.25, 0.3) is 0 Å². The molecule has 4 atom stereocenters. The van der Waals surface area contributed by atoms with Crippen molar-refractivity contribution in [3.05, 3.63) is 0 Å². The van der Waals surface area contributed by atoms with Gasteiger partial charge >= 0.3 is 8.56 Å². The van der Waals surface area contributed by atoms with Crippen molar-refractivity contribution in [2.45, 2.75) is 89.1 Å².